The first-order chi connectivity index (χ1) is 11.6. The van der Waals surface area contributed by atoms with Crippen LogP contribution in [-0.2, 0) is 4.74 Å². The van der Waals surface area contributed by atoms with Gasteiger partial charge < -0.3 is 4.74 Å². The van der Waals surface area contributed by atoms with Crippen LogP contribution in [0.15, 0.2) is 36.5 Å². The topological polar surface area (TPSA) is 85.2 Å². The maximum absolute atomic E-state index is 12.2. The number of imide groups is 1. The van der Waals surface area contributed by atoms with Gasteiger partial charge in [-0.05, 0) is 31.9 Å². The third kappa shape index (κ3) is 3.62. The van der Waals surface area contributed by atoms with Crippen molar-refractivity contribution >= 4 is 11.9 Å². The van der Waals surface area contributed by atoms with Crippen LogP contribution in [0.1, 0.15) is 40.6 Å². The van der Waals surface area contributed by atoms with Gasteiger partial charge in [0.15, 0.2) is 0 Å². The molecule has 7 heteroatoms. The molecule has 7 nitrogen and oxygen atoms in total. The number of carbonyl (C=O) groups is 2. The number of hydrogen-bond acceptors (Lipinski definition) is 4. The number of rotatable bonds is 3. The Morgan fingerprint density at radius 3 is 2.62 bits per heavy atom. The quantitative estimate of drug-likeness (QED) is 0.904. The minimum absolute atomic E-state index is 0.234. The Balaban J connectivity index is 1.68. The highest BCUT2D eigenvalue weighted by Gasteiger charge is 2.23. The molecule has 0 spiro atoms. The molecule has 24 heavy (non-hydrogen) atoms. The van der Waals surface area contributed by atoms with Gasteiger partial charge in [0, 0.05) is 24.7 Å². The Morgan fingerprint density at radius 2 is 1.92 bits per heavy atom. The highest BCUT2D eigenvalue weighted by atomic mass is 16.5. The van der Waals surface area contributed by atoms with E-state index in [4.69, 9.17) is 4.74 Å². The zero-order valence-electron chi connectivity index (χ0n) is 13.5. The van der Waals surface area contributed by atoms with Crippen LogP contribution in [0.5, 0.6) is 0 Å². The van der Waals surface area contributed by atoms with Crippen molar-refractivity contribution in [3.05, 3.63) is 53.6 Å². The van der Waals surface area contributed by atoms with E-state index in [0.29, 0.717) is 18.8 Å². The summed E-state index contributed by atoms with van der Waals surface area (Å²) in [5, 5.41) is 2.33. The number of ether oxygens (including phenoxy) is 1. The van der Waals surface area contributed by atoms with Crippen LogP contribution in [0.2, 0.25) is 0 Å². The van der Waals surface area contributed by atoms with E-state index in [2.05, 4.69) is 15.7 Å². The molecule has 0 radical (unpaired) electrons. The molecule has 0 atom stereocenters. The monoisotopic (exact) mass is 328 g/mol. The average Bonchev–Trinajstić information content (AvgIpc) is 2.97. The van der Waals surface area contributed by atoms with E-state index >= 15 is 0 Å². The molecule has 1 aromatic heterocycles. The Morgan fingerprint density at radius 1 is 1.21 bits per heavy atom. The molecule has 2 N–H and O–H groups in total. The summed E-state index contributed by atoms with van der Waals surface area (Å²) < 4.78 is 7.01. The molecule has 1 saturated heterocycles. The molecule has 0 bridgehead atoms. The Bertz CT molecular complexity index is 721. The standard InChI is InChI=1S/C17H20N4O3/c1-12-11-18-15(13-7-9-24-10-8-13)21(12)20-17(23)19-16(22)14-5-3-2-4-6-14/h2-6,11,13H,7-10H2,1H3,(H2,19,20,22,23). The molecule has 1 fully saturated rings. The van der Waals surface area contributed by atoms with Crippen molar-refractivity contribution < 1.29 is 14.3 Å². The van der Waals surface area contributed by atoms with Gasteiger partial charge in [-0.3, -0.25) is 10.1 Å². The van der Waals surface area contributed by atoms with Gasteiger partial charge in [-0.1, -0.05) is 18.2 Å². The van der Waals surface area contributed by atoms with Crippen LogP contribution in [0.25, 0.3) is 0 Å². The van der Waals surface area contributed by atoms with Crippen LogP contribution < -0.4 is 10.7 Å². The highest BCUT2D eigenvalue weighted by Crippen LogP contribution is 2.25. The molecule has 126 valence electrons. The lowest BCUT2D eigenvalue weighted by molar-refractivity contribution is 0.0831. The predicted molar refractivity (Wildman–Crippen MR) is 88.4 cm³/mol. The zero-order chi connectivity index (χ0) is 16.9. The number of benzene rings is 1. The van der Waals surface area contributed by atoms with E-state index in [9.17, 15) is 9.59 Å². The summed E-state index contributed by atoms with van der Waals surface area (Å²) in [6, 6.07) is 8.02. The lowest BCUT2D eigenvalue weighted by atomic mass is 10.00. The molecular formula is C17H20N4O3. The van der Waals surface area contributed by atoms with Crippen LogP contribution in [0.4, 0.5) is 4.79 Å². The molecule has 2 heterocycles. The van der Waals surface area contributed by atoms with E-state index in [-0.39, 0.29) is 5.92 Å². The molecule has 3 rings (SSSR count). The molecule has 1 aliphatic rings. The van der Waals surface area contributed by atoms with Crippen molar-refractivity contribution in [3.8, 4) is 0 Å². The van der Waals surface area contributed by atoms with Crippen molar-refractivity contribution in [2.45, 2.75) is 25.7 Å². The second-order valence-electron chi connectivity index (χ2n) is 5.74. The minimum Gasteiger partial charge on any atom is -0.381 e. The van der Waals surface area contributed by atoms with Gasteiger partial charge in [-0.25, -0.2) is 19.9 Å². The smallest absolute Gasteiger partial charge is 0.340 e. The summed E-state index contributed by atoms with van der Waals surface area (Å²) in [6.45, 7) is 3.24. The van der Waals surface area contributed by atoms with Gasteiger partial charge in [-0.15, -0.1) is 0 Å². The third-order valence-electron chi connectivity index (χ3n) is 4.03. The Labute approximate surface area is 140 Å². The van der Waals surface area contributed by atoms with Gasteiger partial charge in [0.1, 0.15) is 5.82 Å². The van der Waals surface area contributed by atoms with Crippen LogP contribution in [0, 0.1) is 6.92 Å². The molecule has 1 aromatic carbocycles. The fraction of sp³-hybridized carbons (Fsp3) is 0.353. The number of nitrogens with one attached hydrogen (secondary N) is 2. The molecule has 0 unspecified atom stereocenters. The summed E-state index contributed by atoms with van der Waals surface area (Å²) in [4.78, 5) is 28.6. The van der Waals surface area contributed by atoms with Crippen LogP contribution in [-0.4, -0.2) is 34.8 Å². The molecule has 0 aliphatic carbocycles. The maximum Gasteiger partial charge on any atom is 0.340 e. The number of aromatic nitrogens is 2. The number of aryl methyl sites for hydroxylation is 1. The Hall–Kier alpha value is -2.67. The third-order valence-corrected chi connectivity index (χ3v) is 4.03. The van der Waals surface area contributed by atoms with Crippen LogP contribution >= 0.6 is 0 Å². The first-order valence-corrected chi connectivity index (χ1v) is 7.94. The number of nitrogens with zero attached hydrogens (tertiary/aromatic N) is 2. The highest BCUT2D eigenvalue weighted by molar-refractivity contribution is 6.06. The second-order valence-corrected chi connectivity index (χ2v) is 5.74. The molecule has 1 aliphatic heterocycles. The summed E-state index contributed by atoms with van der Waals surface area (Å²) in [5.74, 6) is 0.578. The van der Waals surface area contributed by atoms with Crippen molar-refractivity contribution in [1.29, 1.82) is 0 Å². The zero-order valence-corrected chi connectivity index (χ0v) is 13.5. The van der Waals surface area contributed by atoms with Gasteiger partial charge in [0.2, 0.25) is 0 Å². The van der Waals surface area contributed by atoms with Crippen molar-refractivity contribution in [3.63, 3.8) is 0 Å². The van der Waals surface area contributed by atoms with Crippen molar-refractivity contribution in [2.24, 2.45) is 0 Å². The average molecular weight is 328 g/mol. The SMILES string of the molecule is Cc1cnc(C2CCOCC2)n1NC(=O)NC(=O)c1ccccc1. The van der Waals surface area contributed by atoms with Gasteiger partial charge >= 0.3 is 6.03 Å². The predicted octanol–water partition coefficient (Wildman–Crippen LogP) is 2.18. The largest absolute Gasteiger partial charge is 0.381 e. The first kappa shape index (κ1) is 16.2. The fourth-order valence-electron chi connectivity index (χ4n) is 2.74. The number of carbonyl (C=O) groups excluding carboxylic acids is 2. The molecular weight excluding hydrogens is 308 g/mol. The van der Waals surface area contributed by atoms with E-state index in [0.717, 1.165) is 24.4 Å². The number of hydrogen-bond donors (Lipinski definition) is 2. The van der Waals surface area contributed by atoms with Crippen molar-refractivity contribution in [2.75, 3.05) is 18.6 Å². The fourth-order valence-corrected chi connectivity index (χ4v) is 2.74. The summed E-state index contributed by atoms with van der Waals surface area (Å²) in [6.07, 6.45) is 3.44. The molecule has 2 aromatic rings. The summed E-state index contributed by atoms with van der Waals surface area (Å²) >= 11 is 0. The minimum atomic E-state index is -0.585. The van der Waals surface area contributed by atoms with Gasteiger partial charge in [0.05, 0.1) is 11.9 Å². The van der Waals surface area contributed by atoms with E-state index < -0.39 is 11.9 Å². The van der Waals surface area contributed by atoms with E-state index in [1.54, 1.807) is 35.1 Å². The number of urea groups is 1. The van der Waals surface area contributed by atoms with Crippen molar-refractivity contribution in [1.82, 2.24) is 15.0 Å². The van der Waals surface area contributed by atoms with E-state index in [1.807, 2.05) is 13.0 Å². The number of imidazole rings is 1. The second kappa shape index (κ2) is 7.27. The van der Waals surface area contributed by atoms with Crippen LogP contribution in [0.3, 0.4) is 0 Å². The van der Waals surface area contributed by atoms with E-state index in [1.165, 1.54) is 0 Å². The molecule has 0 saturated carbocycles. The first-order valence-electron chi connectivity index (χ1n) is 7.94. The Kier molecular flexibility index (Phi) is 4.90. The maximum atomic E-state index is 12.2. The van der Waals surface area contributed by atoms with Gasteiger partial charge in [0.25, 0.3) is 5.91 Å². The lowest BCUT2D eigenvalue weighted by Crippen LogP contribution is -2.39. The summed E-state index contributed by atoms with van der Waals surface area (Å²) in [5.41, 5.74) is 3.93. The lowest BCUT2D eigenvalue weighted by Gasteiger charge is -2.23. The number of amides is 3. The summed E-state index contributed by atoms with van der Waals surface area (Å²) in [7, 11) is 0. The molecule has 3 amide bonds. The van der Waals surface area contributed by atoms with Gasteiger partial charge in [-0.2, -0.15) is 0 Å². The normalized spacial score (nSPS) is 15.0.